The van der Waals surface area contributed by atoms with Gasteiger partial charge in [-0.2, -0.15) is 0 Å². The summed E-state index contributed by atoms with van der Waals surface area (Å²) in [6.07, 6.45) is -4.85. The molecule has 1 aromatic carbocycles. The van der Waals surface area contributed by atoms with E-state index in [0.29, 0.717) is 0 Å². The van der Waals surface area contributed by atoms with Crippen molar-refractivity contribution >= 4 is 34.2 Å². The summed E-state index contributed by atoms with van der Waals surface area (Å²) in [7, 11) is 0. The Morgan fingerprint density at radius 3 is 2.36 bits per heavy atom. The highest BCUT2D eigenvalue weighted by atomic mass is 127. The molecule has 0 aromatic heterocycles. The van der Waals surface area contributed by atoms with Crippen molar-refractivity contribution < 1.29 is 22.3 Å². The van der Waals surface area contributed by atoms with E-state index in [1.54, 1.807) is 0 Å². The van der Waals surface area contributed by atoms with Crippen LogP contribution in [0.3, 0.4) is 0 Å². The molecule has 78 valence electrons. The standard InChI is InChI=1S/C7H2ClF4IO/c8-3-1-4(9)6(13)5(2-3)14-7(10,11)12/h1-2H. The lowest BCUT2D eigenvalue weighted by Crippen LogP contribution is -2.18. The van der Waals surface area contributed by atoms with Gasteiger partial charge in [-0.1, -0.05) is 11.6 Å². The maximum absolute atomic E-state index is 12.9. The Kier molecular flexibility index (Phi) is 3.46. The van der Waals surface area contributed by atoms with Gasteiger partial charge in [0.1, 0.15) is 11.6 Å². The van der Waals surface area contributed by atoms with Gasteiger partial charge in [0.25, 0.3) is 0 Å². The van der Waals surface area contributed by atoms with Gasteiger partial charge >= 0.3 is 6.36 Å². The number of rotatable bonds is 1. The van der Waals surface area contributed by atoms with Crippen LogP contribution in [0.1, 0.15) is 0 Å². The van der Waals surface area contributed by atoms with Crippen LogP contribution < -0.4 is 4.74 Å². The molecule has 0 unspecified atom stereocenters. The Bertz CT molecular complexity index is 352. The molecular formula is C7H2ClF4IO. The molecule has 0 radical (unpaired) electrons. The van der Waals surface area contributed by atoms with Gasteiger partial charge in [0.2, 0.25) is 0 Å². The Morgan fingerprint density at radius 1 is 1.29 bits per heavy atom. The molecule has 0 heterocycles. The minimum atomic E-state index is -4.85. The van der Waals surface area contributed by atoms with Crippen molar-refractivity contribution in [1.29, 1.82) is 0 Å². The molecule has 1 rings (SSSR count). The molecule has 0 aliphatic carbocycles. The number of benzene rings is 1. The third-order valence-corrected chi connectivity index (χ3v) is 2.45. The van der Waals surface area contributed by atoms with Crippen molar-refractivity contribution in [3.05, 3.63) is 26.5 Å². The predicted octanol–water partition coefficient (Wildman–Crippen LogP) is 3.98. The largest absolute Gasteiger partial charge is 0.573 e. The minimum absolute atomic E-state index is 0.151. The molecule has 14 heavy (non-hydrogen) atoms. The monoisotopic (exact) mass is 340 g/mol. The van der Waals surface area contributed by atoms with E-state index in [-0.39, 0.29) is 8.59 Å². The maximum atomic E-state index is 12.9. The van der Waals surface area contributed by atoms with Crippen LogP contribution in [-0.2, 0) is 0 Å². The first-order valence-electron chi connectivity index (χ1n) is 3.20. The fourth-order valence-electron chi connectivity index (χ4n) is 0.731. The van der Waals surface area contributed by atoms with Crippen molar-refractivity contribution in [2.24, 2.45) is 0 Å². The number of halogens is 6. The molecule has 1 nitrogen and oxygen atoms in total. The molecule has 0 aliphatic rings. The number of hydrogen-bond acceptors (Lipinski definition) is 1. The topological polar surface area (TPSA) is 9.23 Å². The lowest BCUT2D eigenvalue weighted by atomic mass is 10.3. The number of ether oxygens (including phenoxy) is 1. The van der Waals surface area contributed by atoms with Crippen molar-refractivity contribution in [3.63, 3.8) is 0 Å². The summed E-state index contributed by atoms with van der Waals surface area (Å²) in [6.45, 7) is 0. The van der Waals surface area contributed by atoms with Gasteiger partial charge in [0, 0.05) is 11.1 Å². The van der Waals surface area contributed by atoms with Crippen LogP contribution in [0.2, 0.25) is 5.02 Å². The molecule has 1 aromatic rings. The summed E-state index contributed by atoms with van der Waals surface area (Å²) in [5, 5.41) is -0.151. The van der Waals surface area contributed by atoms with E-state index in [1.807, 2.05) is 0 Å². The van der Waals surface area contributed by atoms with Crippen LogP contribution in [0.25, 0.3) is 0 Å². The average Bonchev–Trinajstić information content (AvgIpc) is 1.96. The van der Waals surface area contributed by atoms with Gasteiger partial charge < -0.3 is 4.74 Å². The molecule has 0 spiro atoms. The second-order valence-electron chi connectivity index (χ2n) is 2.25. The highest BCUT2D eigenvalue weighted by molar-refractivity contribution is 14.1. The Labute approximate surface area is 95.1 Å². The van der Waals surface area contributed by atoms with Crippen LogP contribution in [0.15, 0.2) is 12.1 Å². The van der Waals surface area contributed by atoms with E-state index in [2.05, 4.69) is 4.74 Å². The van der Waals surface area contributed by atoms with Crippen LogP contribution in [0.4, 0.5) is 17.6 Å². The van der Waals surface area contributed by atoms with E-state index in [1.165, 1.54) is 22.6 Å². The Balaban J connectivity index is 3.09. The molecule has 0 bridgehead atoms. The summed E-state index contributed by atoms with van der Waals surface area (Å²) >= 11 is 6.76. The molecule has 0 saturated carbocycles. The first kappa shape index (κ1) is 11.8. The number of alkyl halides is 3. The average molecular weight is 340 g/mol. The lowest BCUT2D eigenvalue weighted by molar-refractivity contribution is -0.275. The minimum Gasteiger partial charge on any atom is -0.404 e. The maximum Gasteiger partial charge on any atom is 0.573 e. The summed E-state index contributed by atoms with van der Waals surface area (Å²) in [5.74, 6) is -1.49. The molecule has 0 fully saturated rings. The molecule has 0 N–H and O–H groups in total. The van der Waals surface area contributed by atoms with E-state index in [0.717, 1.165) is 12.1 Å². The van der Waals surface area contributed by atoms with E-state index in [4.69, 9.17) is 11.6 Å². The molecule has 0 atom stereocenters. The van der Waals surface area contributed by atoms with Crippen LogP contribution >= 0.6 is 34.2 Å². The molecule has 0 saturated heterocycles. The fourth-order valence-corrected chi connectivity index (χ4v) is 1.35. The summed E-state index contributed by atoms with van der Waals surface area (Å²) < 4.78 is 51.6. The SMILES string of the molecule is Fc1cc(Cl)cc(OC(F)(F)F)c1I. The second kappa shape index (κ2) is 4.09. The van der Waals surface area contributed by atoms with Crippen molar-refractivity contribution in [2.75, 3.05) is 0 Å². The lowest BCUT2D eigenvalue weighted by Gasteiger charge is -2.10. The van der Waals surface area contributed by atoms with E-state index in [9.17, 15) is 17.6 Å². The Morgan fingerprint density at radius 2 is 1.86 bits per heavy atom. The second-order valence-corrected chi connectivity index (χ2v) is 3.76. The zero-order valence-corrected chi connectivity index (χ0v) is 9.24. The van der Waals surface area contributed by atoms with Gasteiger partial charge in [0.05, 0.1) is 3.57 Å². The van der Waals surface area contributed by atoms with Gasteiger partial charge in [-0.05, 0) is 28.7 Å². The van der Waals surface area contributed by atoms with Gasteiger partial charge in [0.15, 0.2) is 0 Å². The summed E-state index contributed by atoms with van der Waals surface area (Å²) in [5.41, 5.74) is 0. The van der Waals surface area contributed by atoms with Crippen molar-refractivity contribution in [1.82, 2.24) is 0 Å². The smallest absolute Gasteiger partial charge is 0.404 e. The van der Waals surface area contributed by atoms with Gasteiger partial charge in [-0.25, -0.2) is 4.39 Å². The van der Waals surface area contributed by atoms with Gasteiger partial charge in [-0.15, -0.1) is 13.2 Å². The zero-order chi connectivity index (χ0) is 10.9. The first-order chi connectivity index (χ1) is 6.29. The zero-order valence-electron chi connectivity index (χ0n) is 6.33. The quantitative estimate of drug-likeness (QED) is 0.427. The summed E-state index contributed by atoms with van der Waals surface area (Å²) in [6, 6.07) is 1.81. The van der Waals surface area contributed by atoms with Crippen molar-refractivity contribution in [3.8, 4) is 5.75 Å². The van der Waals surface area contributed by atoms with E-state index >= 15 is 0 Å². The van der Waals surface area contributed by atoms with Crippen molar-refractivity contribution in [2.45, 2.75) is 6.36 Å². The highest BCUT2D eigenvalue weighted by Gasteiger charge is 2.32. The van der Waals surface area contributed by atoms with Crippen LogP contribution in [0, 0.1) is 9.39 Å². The molecular weight excluding hydrogens is 338 g/mol. The Hall–Kier alpha value is -0.240. The van der Waals surface area contributed by atoms with E-state index < -0.39 is 17.9 Å². The normalized spacial score (nSPS) is 11.6. The molecule has 0 aliphatic heterocycles. The van der Waals surface area contributed by atoms with Crippen LogP contribution in [0.5, 0.6) is 5.75 Å². The molecule has 7 heteroatoms. The first-order valence-corrected chi connectivity index (χ1v) is 4.65. The fraction of sp³-hybridized carbons (Fsp3) is 0.143. The third kappa shape index (κ3) is 3.16. The summed E-state index contributed by atoms with van der Waals surface area (Å²) in [4.78, 5) is 0. The number of hydrogen-bond donors (Lipinski definition) is 0. The third-order valence-electron chi connectivity index (χ3n) is 1.19. The highest BCUT2D eigenvalue weighted by Crippen LogP contribution is 2.31. The van der Waals surface area contributed by atoms with Crippen LogP contribution in [-0.4, -0.2) is 6.36 Å². The molecule has 0 amide bonds. The predicted molar refractivity (Wildman–Crippen MR) is 50.8 cm³/mol. The van der Waals surface area contributed by atoms with Gasteiger partial charge in [-0.3, -0.25) is 0 Å².